The minimum atomic E-state index is 0.651. The summed E-state index contributed by atoms with van der Waals surface area (Å²) in [5.74, 6) is 1.66. The molecule has 0 aliphatic heterocycles. The predicted molar refractivity (Wildman–Crippen MR) is 76.1 cm³/mol. The average molecular weight is 321 g/mol. The molecule has 0 unspecified atom stereocenters. The zero-order chi connectivity index (χ0) is 13.1. The summed E-state index contributed by atoms with van der Waals surface area (Å²) in [6.07, 6.45) is 7.39. The fourth-order valence-corrected chi connectivity index (χ4v) is 2.15. The van der Waals surface area contributed by atoms with Gasteiger partial charge in [0, 0.05) is 36.0 Å². The molecule has 0 saturated carbocycles. The molecule has 0 atom stereocenters. The zero-order valence-corrected chi connectivity index (χ0v) is 11.8. The maximum Gasteiger partial charge on any atom is 0.243 e. The first-order valence-corrected chi connectivity index (χ1v) is 6.84. The van der Waals surface area contributed by atoms with Gasteiger partial charge in [0.1, 0.15) is 5.82 Å². The molecule has 2 N–H and O–H groups in total. The van der Waals surface area contributed by atoms with E-state index in [2.05, 4.69) is 41.3 Å². The molecule has 0 bridgehead atoms. The molecule has 0 spiro atoms. The summed E-state index contributed by atoms with van der Waals surface area (Å²) < 4.78 is 2.73. The number of aryl methyl sites for hydroxylation is 1. The first-order valence-electron chi connectivity index (χ1n) is 6.05. The number of rotatable bonds is 5. The molecule has 19 heavy (non-hydrogen) atoms. The van der Waals surface area contributed by atoms with Crippen LogP contribution in [0, 0.1) is 0 Å². The Morgan fingerprint density at radius 1 is 1.37 bits per heavy atom. The van der Waals surface area contributed by atoms with Crippen LogP contribution in [0.25, 0.3) is 5.65 Å². The van der Waals surface area contributed by atoms with Crippen LogP contribution in [-0.2, 0) is 6.42 Å². The molecule has 3 aromatic rings. The van der Waals surface area contributed by atoms with E-state index in [-0.39, 0.29) is 0 Å². The van der Waals surface area contributed by atoms with Gasteiger partial charge in [0.05, 0.1) is 0 Å². The SMILES string of the molecule is Brc1ccc2nc(NCCCc3ncc[nH]3)nn2c1. The van der Waals surface area contributed by atoms with Gasteiger partial charge in [-0.3, -0.25) is 0 Å². The highest BCUT2D eigenvalue weighted by atomic mass is 79.9. The third kappa shape index (κ3) is 2.93. The van der Waals surface area contributed by atoms with Crippen molar-refractivity contribution in [3.05, 3.63) is 41.0 Å². The molecule has 0 aromatic carbocycles. The Morgan fingerprint density at radius 3 is 3.16 bits per heavy atom. The maximum atomic E-state index is 4.38. The molecule has 0 amide bonds. The lowest BCUT2D eigenvalue weighted by molar-refractivity contribution is 0.809. The summed E-state index contributed by atoms with van der Waals surface area (Å²) in [5, 5.41) is 7.57. The molecule has 3 rings (SSSR count). The predicted octanol–water partition coefficient (Wildman–Crippen LogP) is 2.26. The van der Waals surface area contributed by atoms with Crippen molar-refractivity contribution in [3.63, 3.8) is 0 Å². The van der Waals surface area contributed by atoms with Crippen molar-refractivity contribution in [1.82, 2.24) is 24.6 Å². The van der Waals surface area contributed by atoms with Crippen molar-refractivity contribution in [2.75, 3.05) is 11.9 Å². The molecule has 0 aliphatic rings. The van der Waals surface area contributed by atoms with Crippen molar-refractivity contribution >= 4 is 27.5 Å². The number of hydrogen-bond donors (Lipinski definition) is 2. The summed E-state index contributed by atoms with van der Waals surface area (Å²) in [6.45, 7) is 0.818. The van der Waals surface area contributed by atoms with Gasteiger partial charge in [-0.05, 0) is 34.5 Å². The maximum absolute atomic E-state index is 4.38. The standard InChI is InChI=1S/C12H13BrN6/c13-9-3-4-11-17-12(18-19(11)8-9)16-5-1-2-10-14-6-7-15-10/h3-4,6-8H,1-2,5H2,(H,14,15)(H,16,18). The Balaban J connectivity index is 1.56. The van der Waals surface area contributed by atoms with Crippen LogP contribution >= 0.6 is 15.9 Å². The van der Waals surface area contributed by atoms with Crippen LogP contribution < -0.4 is 5.32 Å². The summed E-state index contributed by atoms with van der Waals surface area (Å²) in [6, 6.07) is 3.87. The number of nitrogens with one attached hydrogen (secondary N) is 2. The van der Waals surface area contributed by atoms with E-state index in [1.165, 1.54) is 0 Å². The normalized spacial score (nSPS) is 11.0. The lowest BCUT2D eigenvalue weighted by Crippen LogP contribution is -2.05. The molecule has 6 nitrogen and oxygen atoms in total. The van der Waals surface area contributed by atoms with Crippen LogP contribution in [-0.4, -0.2) is 31.1 Å². The number of H-pyrrole nitrogens is 1. The highest BCUT2D eigenvalue weighted by Gasteiger charge is 2.03. The van der Waals surface area contributed by atoms with E-state index in [1.807, 2.05) is 24.5 Å². The number of hydrogen-bond acceptors (Lipinski definition) is 4. The minimum Gasteiger partial charge on any atom is -0.353 e. The summed E-state index contributed by atoms with van der Waals surface area (Å²) in [4.78, 5) is 11.7. The molecule has 0 saturated heterocycles. The molecule has 7 heteroatoms. The Hall–Kier alpha value is -1.89. The van der Waals surface area contributed by atoms with Crippen LogP contribution in [0.2, 0.25) is 0 Å². The molecule has 0 fully saturated rings. The van der Waals surface area contributed by atoms with Crippen LogP contribution in [0.4, 0.5) is 5.95 Å². The Kier molecular flexibility index (Phi) is 3.45. The Labute approximate surface area is 118 Å². The highest BCUT2D eigenvalue weighted by Crippen LogP contribution is 2.12. The van der Waals surface area contributed by atoms with E-state index >= 15 is 0 Å². The van der Waals surface area contributed by atoms with Crippen LogP contribution in [0.15, 0.2) is 35.2 Å². The molecule has 0 aliphatic carbocycles. The third-order valence-corrected chi connectivity index (χ3v) is 3.19. The summed E-state index contributed by atoms with van der Waals surface area (Å²) in [5.41, 5.74) is 0.830. The Bertz CT molecular complexity index is 660. The van der Waals surface area contributed by atoms with Gasteiger partial charge in [-0.1, -0.05) is 0 Å². The van der Waals surface area contributed by atoms with E-state index in [1.54, 1.807) is 10.7 Å². The second-order valence-corrected chi connectivity index (χ2v) is 5.07. The Morgan fingerprint density at radius 2 is 2.32 bits per heavy atom. The summed E-state index contributed by atoms with van der Waals surface area (Å²) in [7, 11) is 0. The number of imidazole rings is 1. The van der Waals surface area contributed by atoms with Gasteiger partial charge in [0.2, 0.25) is 5.95 Å². The van der Waals surface area contributed by atoms with Crippen molar-refractivity contribution in [3.8, 4) is 0 Å². The van der Waals surface area contributed by atoms with Gasteiger partial charge in [0.15, 0.2) is 5.65 Å². The van der Waals surface area contributed by atoms with Crippen molar-refractivity contribution in [2.24, 2.45) is 0 Å². The second-order valence-electron chi connectivity index (χ2n) is 4.15. The third-order valence-electron chi connectivity index (χ3n) is 2.72. The fourth-order valence-electron chi connectivity index (χ4n) is 1.82. The largest absolute Gasteiger partial charge is 0.353 e. The van der Waals surface area contributed by atoms with E-state index in [0.717, 1.165) is 35.3 Å². The second kappa shape index (κ2) is 5.40. The van der Waals surface area contributed by atoms with Gasteiger partial charge >= 0.3 is 0 Å². The average Bonchev–Trinajstić information content (AvgIpc) is 3.02. The number of nitrogens with zero attached hydrogens (tertiary/aromatic N) is 4. The first kappa shape index (κ1) is 12.2. The van der Waals surface area contributed by atoms with Crippen LogP contribution in [0.3, 0.4) is 0 Å². The van der Waals surface area contributed by atoms with Gasteiger partial charge in [-0.25, -0.2) is 9.50 Å². The van der Waals surface area contributed by atoms with Crippen LogP contribution in [0.1, 0.15) is 12.2 Å². The van der Waals surface area contributed by atoms with E-state index < -0.39 is 0 Å². The zero-order valence-electron chi connectivity index (χ0n) is 10.2. The monoisotopic (exact) mass is 320 g/mol. The summed E-state index contributed by atoms with van der Waals surface area (Å²) >= 11 is 3.41. The van der Waals surface area contributed by atoms with Crippen molar-refractivity contribution in [2.45, 2.75) is 12.8 Å². The number of anilines is 1. The molecule has 3 heterocycles. The molecular formula is C12H13BrN6. The lowest BCUT2D eigenvalue weighted by atomic mass is 10.3. The topological polar surface area (TPSA) is 70.9 Å². The lowest BCUT2D eigenvalue weighted by Gasteiger charge is -1.99. The highest BCUT2D eigenvalue weighted by molar-refractivity contribution is 9.10. The molecule has 98 valence electrons. The molecular weight excluding hydrogens is 308 g/mol. The fraction of sp³-hybridized carbons (Fsp3) is 0.250. The first-order chi connectivity index (χ1) is 9.31. The number of halogens is 1. The van der Waals surface area contributed by atoms with Gasteiger partial charge in [-0.2, -0.15) is 4.98 Å². The molecule has 0 radical (unpaired) electrons. The van der Waals surface area contributed by atoms with Crippen molar-refractivity contribution in [1.29, 1.82) is 0 Å². The van der Waals surface area contributed by atoms with E-state index in [4.69, 9.17) is 0 Å². The van der Waals surface area contributed by atoms with Gasteiger partial charge < -0.3 is 10.3 Å². The number of fused-ring (bicyclic) bond motifs is 1. The number of pyridine rings is 1. The minimum absolute atomic E-state index is 0.651. The van der Waals surface area contributed by atoms with E-state index in [9.17, 15) is 0 Å². The number of aromatic amines is 1. The van der Waals surface area contributed by atoms with Gasteiger partial charge in [0.25, 0.3) is 0 Å². The smallest absolute Gasteiger partial charge is 0.243 e. The quantitative estimate of drug-likeness (QED) is 0.707. The van der Waals surface area contributed by atoms with Gasteiger partial charge in [-0.15, -0.1) is 5.10 Å². The van der Waals surface area contributed by atoms with Crippen molar-refractivity contribution < 1.29 is 0 Å². The van der Waals surface area contributed by atoms with E-state index in [0.29, 0.717) is 5.95 Å². The van der Waals surface area contributed by atoms with Crippen LogP contribution in [0.5, 0.6) is 0 Å². The molecule has 3 aromatic heterocycles. The number of aromatic nitrogens is 5.